The van der Waals surface area contributed by atoms with Crippen LogP contribution in [0.5, 0.6) is 0 Å². The fourth-order valence-electron chi connectivity index (χ4n) is 2.38. The first-order chi connectivity index (χ1) is 9.91. The highest BCUT2D eigenvalue weighted by Gasteiger charge is 2.47. The topological polar surface area (TPSA) is 46.2 Å². The first kappa shape index (κ1) is 14.6. The zero-order valence-corrected chi connectivity index (χ0v) is 13.2. The highest BCUT2D eigenvalue weighted by atomic mass is 35.5. The third kappa shape index (κ3) is 2.98. The van der Waals surface area contributed by atoms with E-state index in [4.69, 9.17) is 11.6 Å². The standard InChI is InChI=1S/C16H16ClNO2S/c1-12-2-8-15(9-3-12)21(19,20)18-16(10-11-16)13-4-6-14(17)7-5-13/h2-9,18H,10-11H2,1H3. The van der Waals surface area contributed by atoms with Gasteiger partial charge in [-0.15, -0.1) is 0 Å². The second kappa shape index (κ2) is 5.13. The Hall–Kier alpha value is -1.36. The van der Waals surface area contributed by atoms with E-state index >= 15 is 0 Å². The molecule has 1 saturated carbocycles. The second-order valence-electron chi connectivity index (χ2n) is 5.51. The zero-order chi connectivity index (χ0) is 15.1. The summed E-state index contributed by atoms with van der Waals surface area (Å²) in [5, 5.41) is 0.649. The number of aryl methyl sites for hydroxylation is 1. The molecule has 1 N–H and O–H groups in total. The van der Waals surface area contributed by atoms with Crippen LogP contribution in [0.4, 0.5) is 0 Å². The Morgan fingerprint density at radius 3 is 2.10 bits per heavy atom. The minimum atomic E-state index is -3.51. The van der Waals surface area contributed by atoms with Crippen LogP contribution < -0.4 is 4.72 Å². The lowest BCUT2D eigenvalue weighted by Gasteiger charge is -2.18. The molecule has 2 aromatic carbocycles. The monoisotopic (exact) mass is 321 g/mol. The van der Waals surface area contributed by atoms with Crippen LogP contribution in [0, 0.1) is 6.92 Å². The molecule has 0 heterocycles. The molecule has 21 heavy (non-hydrogen) atoms. The molecule has 0 amide bonds. The van der Waals surface area contributed by atoms with Crippen LogP contribution in [-0.4, -0.2) is 8.42 Å². The summed E-state index contributed by atoms with van der Waals surface area (Å²) in [5.41, 5.74) is 1.52. The number of halogens is 1. The van der Waals surface area contributed by atoms with Crippen LogP contribution in [0.3, 0.4) is 0 Å². The predicted molar refractivity (Wildman–Crippen MR) is 83.9 cm³/mol. The first-order valence-electron chi connectivity index (χ1n) is 6.78. The smallest absolute Gasteiger partial charge is 0.207 e. The van der Waals surface area contributed by atoms with Gasteiger partial charge in [-0.3, -0.25) is 0 Å². The van der Waals surface area contributed by atoms with Crippen molar-refractivity contribution in [2.75, 3.05) is 0 Å². The van der Waals surface area contributed by atoms with Gasteiger partial charge in [-0.1, -0.05) is 41.4 Å². The van der Waals surface area contributed by atoms with E-state index < -0.39 is 15.6 Å². The van der Waals surface area contributed by atoms with Crippen LogP contribution in [0.15, 0.2) is 53.4 Å². The van der Waals surface area contributed by atoms with Crippen molar-refractivity contribution >= 4 is 21.6 Å². The average Bonchev–Trinajstić information content (AvgIpc) is 3.20. The van der Waals surface area contributed by atoms with Gasteiger partial charge < -0.3 is 0 Å². The van der Waals surface area contributed by atoms with E-state index in [1.165, 1.54) is 0 Å². The molecule has 1 aliphatic rings. The third-order valence-electron chi connectivity index (χ3n) is 3.81. The summed E-state index contributed by atoms with van der Waals surface area (Å²) in [7, 11) is -3.51. The normalized spacial score (nSPS) is 16.7. The molecule has 0 aliphatic heterocycles. The van der Waals surface area contributed by atoms with Crippen LogP contribution in [-0.2, 0) is 15.6 Å². The molecule has 1 fully saturated rings. The minimum absolute atomic E-state index is 0.299. The van der Waals surface area contributed by atoms with E-state index in [0.717, 1.165) is 24.0 Å². The lowest BCUT2D eigenvalue weighted by molar-refractivity contribution is 0.551. The van der Waals surface area contributed by atoms with Gasteiger partial charge in [0.1, 0.15) is 0 Å². The number of sulfonamides is 1. The molecule has 2 aromatic rings. The summed E-state index contributed by atoms with van der Waals surface area (Å²) in [6.45, 7) is 1.93. The minimum Gasteiger partial charge on any atom is -0.207 e. The maximum atomic E-state index is 12.5. The van der Waals surface area contributed by atoms with Gasteiger partial charge in [0.15, 0.2) is 0 Å². The van der Waals surface area contributed by atoms with Crippen molar-refractivity contribution in [1.82, 2.24) is 4.72 Å². The van der Waals surface area contributed by atoms with Crippen molar-refractivity contribution in [3.8, 4) is 0 Å². The molecule has 1 aliphatic carbocycles. The van der Waals surface area contributed by atoms with E-state index in [2.05, 4.69) is 4.72 Å². The molecule has 0 saturated heterocycles. The van der Waals surface area contributed by atoms with Gasteiger partial charge >= 0.3 is 0 Å². The summed E-state index contributed by atoms with van der Waals surface area (Å²) >= 11 is 5.89. The average molecular weight is 322 g/mol. The molecule has 3 rings (SSSR count). The maximum absolute atomic E-state index is 12.5. The number of hydrogen-bond acceptors (Lipinski definition) is 2. The maximum Gasteiger partial charge on any atom is 0.241 e. The number of nitrogens with one attached hydrogen (secondary N) is 1. The van der Waals surface area contributed by atoms with Crippen molar-refractivity contribution in [3.63, 3.8) is 0 Å². The third-order valence-corrected chi connectivity index (χ3v) is 5.61. The molecular formula is C16H16ClNO2S. The summed E-state index contributed by atoms with van der Waals surface area (Å²) in [5.74, 6) is 0. The van der Waals surface area contributed by atoms with Gasteiger partial charge in [-0.05, 0) is 49.6 Å². The molecule has 110 valence electrons. The van der Waals surface area contributed by atoms with E-state index in [1.807, 2.05) is 19.1 Å². The Kier molecular flexibility index (Phi) is 3.56. The van der Waals surface area contributed by atoms with E-state index in [9.17, 15) is 8.42 Å². The molecular weight excluding hydrogens is 306 g/mol. The fraction of sp³-hybridized carbons (Fsp3) is 0.250. The molecule has 5 heteroatoms. The molecule has 0 unspecified atom stereocenters. The molecule has 0 aromatic heterocycles. The Morgan fingerprint density at radius 1 is 1.00 bits per heavy atom. The Bertz CT molecular complexity index is 748. The van der Waals surface area contributed by atoms with Crippen molar-refractivity contribution in [2.24, 2.45) is 0 Å². The Morgan fingerprint density at radius 2 is 1.57 bits per heavy atom. The van der Waals surface area contributed by atoms with Crippen molar-refractivity contribution in [2.45, 2.75) is 30.2 Å². The summed E-state index contributed by atoms with van der Waals surface area (Å²) in [6, 6.07) is 14.2. The Labute approximate surface area is 130 Å². The zero-order valence-electron chi connectivity index (χ0n) is 11.6. The van der Waals surface area contributed by atoms with Gasteiger partial charge in [0.05, 0.1) is 10.4 Å². The van der Waals surface area contributed by atoms with Crippen LogP contribution in [0.1, 0.15) is 24.0 Å². The second-order valence-corrected chi connectivity index (χ2v) is 7.63. The lowest BCUT2D eigenvalue weighted by atomic mass is 10.1. The van der Waals surface area contributed by atoms with E-state index in [-0.39, 0.29) is 0 Å². The summed E-state index contributed by atoms with van der Waals surface area (Å²) in [6.07, 6.45) is 1.61. The van der Waals surface area contributed by atoms with Gasteiger partial charge in [-0.2, -0.15) is 0 Å². The predicted octanol–water partition coefficient (Wildman–Crippen LogP) is 3.62. The first-order valence-corrected chi connectivity index (χ1v) is 8.64. The van der Waals surface area contributed by atoms with Crippen molar-refractivity contribution < 1.29 is 8.42 Å². The SMILES string of the molecule is Cc1ccc(S(=O)(=O)NC2(c3ccc(Cl)cc3)CC2)cc1. The van der Waals surface area contributed by atoms with Crippen LogP contribution >= 0.6 is 11.6 Å². The largest absolute Gasteiger partial charge is 0.241 e. The Balaban J connectivity index is 1.88. The summed E-state index contributed by atoms with van der Waals surface area (Å²) < 4.78 is 27.8. The van der Waals surface area contributed by atoms with E-state index in [0.29, 0.717) is 9.92 Å². The molecule has 0 spiro atoms. The molecule has 3 nitrogen and oxygen atoms in total. The van der Waals surface area contributed by atoms with Crippen LogP contribution in [0.2, 0.25) is 5.02 Å². The highest BCUT2D eigenvalue weighted by Crippen LogP contribution is 2.46. The molecule has 0 radical (unpaired) electrons. The molecule has 0 bridgehead atoms. The van der Waals surface area contributed by atoms with Gasteiger partial charge in [0, 0.05) is 5.02 Å². The lowest BCUT2D eigenvalue weighted by Crippen LogP contribution is -2.34. The quantitative estimate of drug-likeness (QED) is 0.935. The van der Waals surface area contributed by atoms with Gasteiger partial charge in [0.25, 0.3) is 0 Å². The van der Waals surface area contributed by atoms with Crippen molar-refractivity contribution in [1.29, 1.82) is 0 Å². The number of rotatable bonds is 4. The number of benzene rings is 2. The fourth-order valence-corrected chi connectivity index (χ4v) is 3.95. The number of hydrogen-bond donors (Lipinski definition) is 1. The van der Waals surface area contributed by atoms with Crippen molar-refractivity contribution in [3.05, 3.63) is 64.7 Å². The molecule has 0 atom stereocenters. The van der Waals surface area contributed by atoms with Crippen LogP contribution in [0.25, 0.3) is 0 Å². The highest BCUT2D eigenvalue weighted by molar-refractivity contribution is 7.89. The summed E-state index contributed by atoms with van der Waals surface area (Å²) in [4.78, 5) is 0.299. The van der Waals surface area contributed by atoms with Gasteiger partial charge in [-0.25, -0.2) is 13.1 Å². The van der Waals surface area contributed by atoms with E-state index in [1.54, 1.807) is 36.4 Å². The van der Waals surface area contributed by atoms with Gasteiger partial charge in [0.2, 0.25) is 10.0 Å².